The molecule has 31 heavy (non-hydrogen) atoms. The maximum absolute atomic E-state index is 13.1. The number of para-hydroxylation sites is 1. The van der Waals surface area contributed by atoms with E-state index in [4.69, 9.17) is 16.3 Å². The van der Waals surface area contributed by atoms with Crippen molar-refractivity contribution < 1.29 is 14.3 Å². The Hall–Kier alpha value is -3.15. The lowest BCUT2D eigenvalue weighted by Crippen LogP contribution is -2.33. The molecule has 1 aliphatic rings. The second-order valence-electron chi connectivity index (χ2n) is 7.45. The standard InChI is InChI=1S/C25H23ClN2O3/c26-21-14-13-18(24(29)27-19-10-5-2-6-11-19)16-22(21)28-25(30)20-12-7-15-31-23(20)17-8-3-1-4-9-17/h1-6,8-11,13-14,16,20,23H,7,12,15H2,(H,27,29)(H,28,30). The number of amides is 2. The summed E-state index contributed by atoms with van der Waals surface area (Å²) >= 11 is 6.32. The Balaban J connectivity index is 1.51. The van der Waals surface area contributed by atoms with Gasteiger partial charge in [0.1, 0.15) is 0 Å². The summed E-state index contributed by atoms with van der Waals surface area (Å²) in [7, 11) is 0. The number of halogens is 1. The number of hydrogen-bond acceptors (Lipinski definition) is 3. The quantitative estimate of drug-likeness (QED) is 0.541. The monoisotopic (exact) mass is 434 g/mol. The zero-order valence-electron chi connectivity index (χ0n) is 16.9. The molecule has 1 heterocycles. The predicted molar refractivity (Wildman–Crippen MR) is 122 cm³/mol. The highest BCUT2D eigenvalue weighted by Gasteiger charge is 2.33. The van der Waals surface area contributed by atoms with Crippen LogP contribution in [0.1, 0.15) is 34.9 Å². The highest BCUT2D eigenvalue weighted by molar-refractivity contribution is 6.34. The molecule has 0 aliphatic carbocycles. The minimum Gasteiger partial charge on any atom is -0.373 e. The molecule has 0 saturated carbocycles. The molecule has 2 amide bonds. The van der Waals surface area contributed by atoms with Gasteiger partial charge in [0.25, 0.3) is 5.91 Å². The van der Waals surface area contributed by atoms with Crippen molar-refractivity contribution in [2.24, 2.45) is 5.92 Å². The first-order valence-electron chi connectivity index (χ1n) is 10.2. The van der Waals surface area contributed by atoms with Gasteiger partial charge >= 0.3 is 0 Å². The molecule has 5 nitrogen and oxygen atoms in total. The van der Waals surface area contributed by atoms with E-state index >= 15 is 0 Å². The topological polar surface area (TPSA) is 67.4 Å². The second kappa shape index (κ2) is 9.77. The Kier molecular flexibility index (Phi) is 6.65. The molecule has 3 aromatic rings. The van der Waals surface area contributed by atoms with E-state index in [9.17, 15) is 9.59 Å². The number of hydrogen-bond donors (Lipinski definition) is 2. The highest BCUT2D eigenvalue weighted by atomic mass is 35.5. The van der Waals surface area contributed by atoms with Crippen molar-refractivity contribution in [1.82, 2.24) is 0 Å². The first-order valence-corrected chi connectivity index (χ1v) is 10.6. The Morgan fingerprint density at radius 1 is 0.903 bits per heavy atom. The van der Waals surface area contributed by atoms with E-state index in [-0.39, 0.29) is 23.8 Å². The average Bonchev–Trinajstić information content (AvgIpc) is 2.81. The molecule has 2 atom stereocenters. The number of ether oxygens (including phenoxy) is 1. The zero-order chi connectivity index (χ0) is 21.6. The van der Waals surface area contributed by atoms with E-state index in [1.54, 1.807) is 18.2 Å². The summed E-state index contributed by atoms with van der Waals surface area (Å²) in [5.41, 5.74) is 2.48. The Bertz CT molecular complexity index is 1060. The highest BCUT2D eigenvalue weighted by Crippen LogP contribution is 2.35. The molecule has 4 rings (SSSR count). The van der Waals surface area contributed by atoms with Gasteiger partial charge in [-0.3, -0.25) is 9.59 Å². The van der Waals surface area contributed by atoms with Crippen molar-refractivity contribution in [3.8, 4) is 0 Å². The Morgan fingerprint density at radius 3 is 2.35 bits per heavy atom. The number of nitrogens with one attached hydrogen (secondary N) is 2. The van der Waals surface area contributed by atoms with E-state index in [1.165, 1.54) is 0 Å². The molecule has 1 saturated heterocycles. The minimum atomic E-state index is -0.339. The van der Waals surface area contributed by atoms with Crippen LogP contribution >= 0.6 is 11.6 Å². The van der Waals surface area contributed by atoms with Crippen LogP contribution in [0.25, 0.3) is 0 Å². The molecule has 158 valence electrons. The lowest BCUT2D eigenvalue weighted by atomic mass is 9.88. The van der Waals surface area contributed by atoms with Crippen LogP contribution in [-0.2, 0) is 9.53 Å². The maximum Gasteiger partial charge on any atom is 0.255 e. The third-order valence-electron chi connectivity index (χ3n) is 5.31. The number of benzene rings is 3. The second-order valence-corrected chi connectivity index (χ2v) is 7.86. The zero-order valence-corrected chi connectivity index (χ0v) is 17.6. The van der Waals surface area contributed by atoms with Crippen LogP contribution < -0.4 is 10.6 Å². The van der Waals surface area contributed by atoms with E-state index in [0.717, 1.165) is 18.4 Å². The van der Waals surface area contributed by atoms with Crippen LogP contribution in [0.15, 0.2) is 78.9 Å². The van der Waals surface area contributed by atoms with Crippen LogP contribution in [-0.4, -0.2) is 18.4 Å². The number of carbonyl (C=O) groups excluding carboxylic acids is 2. The molecule has 0 bridgehead atoms. The van der Waals surface area contributed by atoms with Crippen LogP contribution in [0.3, 0.4) is 0 Å². The van der Waals surface area contributed by atoms with E-state index in [2.05, 4.69) is 10.6 Å². The molecule has 2 N–H and O–H groups in total. The number of carbonyl (C=O) groups is 2. The number of rotatable bonds is 5. The van der Waals surface area contributed by atoms with Gasteiger partial charge in [0.2, 0.25) is 5.91 Å². The molecule has 2 unspecified atom stereocenters. The van der Waals surface area contributed by atoms with E-state index in [1.807, 2.05) is 60.7 Å². The SMILES string of the molecule is O=C(Nc1ccccc1)c1ccc(Cl)c(NC(=O)C2CCCOC2c2ccccc2)c1. The van der Waals surface area contributed by atoms with Crippen LogP contribution in [0.2, 0.25) is 5.02 Å². The fraction of sp³-hybridized carbons (Fsp3) is 0.200. The third kappa shape index (κ3) is 5.13. The smallest absolute Gasteiger partial charge is 0.255 e. The van der Waals surface area contributed by atoms with Crippen molar-refractivity contribution in [2.75, 3.05) is 17.2 Å². The molecular formula is C25H23ClN2O3. The van der Waals surface area contributed by atoms with E-state index < -0.39 is 0 Å². The van der Waals surface area contributed by atoms with Crippen molar-refractivity contribution in [3.63, 3.8) is 0 Å². The average molecular weight is 435 g/mol. The maximum atomic E-state index is 13.1. The van der Waals surface area contributed by atoms with Gasteiger partial charge in [-0.2, -0.15) is 0 Å². The van der Waals surface area contributed by atoms with Gasteiger partial charge in [-0.25, -0.2) is 0 Å². The lowest BCUT2D eigenvalue weighted by molar-refractivity contribution is -0.129. The van der Waals surface area contributed by atoms with Gasteiger partial charge in [0.15, 0.2) is 0 Å². The normalized spacial score (nSPS) is 18.2. The Morgan fingerprint density at radius 2 is 1.61 bits per heavy atom. The molecule has 6 heteroatoms. The van der Waals surface area contributed by atoms with Crippen molar-refractivity contribution in [3.05, 3.63) is 95.0 Å². The first-order chi connectivity index (χ1) is 15.1. The van der Waals surface area contributed by atoms with Gasteiger partial charge in [-0.05, 0) is 48.7 Å². The molecular weight excluding hydrogens is 412 g/mol. The largest absolute Gasteiger partial charge is 0.373 e. The molecule has 1 fully saturated rings. The minimum absolute atomic E-state index is 0.170. The lowest BCUT2D eigenvalue weighted by Gasteiger charge is -2.31. The van der Waals surface area contributed by atoms with Crippen molar-refractivity contribution in [2.45, 2.75) is 18.9 Å². The summed E-state index contributed by atoms with van der Waals surface area (Å²) in [5, 5.41) is 6.12. The Labute approximate surface area is 186 Å². The van der Waals surface area contributed by atoms with Gasteiger partial charge in [-0.15, -0.1) is 0 Å². The van der Waals surface area contributed by atoms with E-state index in [0.29, 0.717) is 28.6 Å². The number of anilines is 2. The van der Waals surface area contributed by atoms with Crippen molar-refractivity contribution in [1.29, 1.82) is 0 Å². The summed E-state index contributed by atoms with van der Waals surface area (Å²) in [6.45, 7) is 0.624. The summed E-state index contributed by atoms with van der Waals surface area (Å²) in [6.07, 6.45) is 1.23. The van der Waals surface area contributed by atoms with Crippen LogP contribution in [0, 0.1) is 5.92 Å². The van der Waals surface area contributed by atoms with Crippen molar-refractivity contribution >= 4 is 34.8 Å². The predicted octanol–water partition coefficient (Wildman–Crippen LogP) is 5.70. The molecule has 0 aromatic heterocycles. The molecule has 0 spiro atoms. The van der Waals surface area contributed by atoms with Gasteiger partial charge in [0.05, 0.1) is 22.7 Å². The fourth-order valence-electron chi connectivity index (χ4n) is 3.73. The fourth-order valence-corrected chi connectivity index (χ4v) is 3.90. The van der Waals surface area contributed by atoms with Crippen LogP contribution in [0.5, 0.6) is 0 Å². The third-order valence-corrected chi connectivity index (χ3v) is 5.63. The summed E-state index contributed by atoms with van der Waals surface area (Å²) < 4.78 is 5.94. The molecule has 0 radical (unpaired) electrons. The summed E-state index contributed by atoms with van der Waals surface area (Å²) in [4.78, 5) is 25.7. The van der Waals surface area contributed by atoms with Gasteiger partial charge in [-0.1, -0.05) is 60.1 Å². The molecule has 1 aliphatic heterocycles. The van der Waals surface area contributed by atoms with Gasteiger partial charge < -0.3 is 15.4 Å². The first kappa shape index (κ1) is 21.1. The molecule has 3 aromatic carbocycles. The van der Waals surface area contributed by atoms with Crippen LogP contribution in [0.4, 0.5) is 11.4 Å². The summed E-state index contributed by atoms with van der Waals surface area (Å²) in [6, 6.07) is 23.8. The summed E-state index contributed by atoms with van der Waals surface area (Å²) in [5.74, 6) is -0.786. The van der Waals surface area contributed by atoms with Gasteiger partial charge in [0, 0.05) is 17.9 Å².